The Labute approximate surface area is 217 Å². The molecule has 3 heterocycles. The Kier molecular flexibility index (Phi) is 5.75. The van der Waals surface area contributed by atoms with Gasteiger partial charge in [-0.25, -0.2) is 4.99 Å². The van der Waals surface area contributed by atoms with E-state index in [0.717, 1.165) is 30.4 Å². The van der Waals surface area contributed by atoms with Crippen molar-refractivity contribution in [3.8, 4) is 0 Å². The summed E-state index contributed by atoms with van der Waals surface area (Å²) < 4.78 is 12.7. The molecule has 3 N–H and O–H groups in total. The van der Waals surface area contributed by atoms with Gasteiger partial charge in [0.25, 0.3) is 5.91 Å². The predicted molar refractivity (Wildman–Crippen MR) is 139 cm³/mol. The fourth-order valence-electron chi connectivity index (χ4n) is 6.42. The van der Waals surface area contributed by atoms with Crippen molar-refractivity contribution in [1.82, 2.24) is 10.2 Å². The summed E-state index contributed by atoms with van der Waals surface area (Å²) in [5.41, 5.74) is 9.57. The summed E-state index contributed by atoms with van der Waals surface area (Å²) >= 11 is 0. The van der Waals surface area contributed by atoms with E-state index in [4.69, 9.17) is 20.2 Å². The zero-order valence-electron chi connectivity index (χ0n) is 21.6. The number of carbonyl (C=O) groups excluding carboxylic acids is 2. The van der Waals surface area contributed by atoms with Crippen LogP contribution in [0.4, 0.5) is 0 Å². The first-order valence-corrected chi connectivity index (χ1v) is 13.3. The number of fused-ring (bicyclic) bond motifs is 5. The molecule has 2 aliphatic carbocycles. The number of benzene rings is 1. The van der Waals surface area contributed by atoms with Crippen LogP contribution in [0.1, 0.15) is 57.2 Å². The van der Waals surface area contributed by atoms with E-state index in [1.165, 1.54) is 5.56 Å². The van der Waals surface area contributed by atoms with E-state index in [9.17, 15) is 9.59 Å². The number of carbonyl (C=O) groups is 2. The number of nitrogens with zero attached hydrogens (tertiary/aromatic N) is 2. The molecular weight excluding hydrogens is 468 g/mol. The first kappa shape index (κ1) is 24.0. The maximum Gasteiger partial charge on any atom is 0.251 e. The van der Waals surface area contributed by atoms with Gasteiger partial charge in [0, 0.05) is 23.5 Å². The molecule has 2 amide bonds. The highest BCUT2D eigenvalue weighted by Gasteiger charge is 2.46. The maximum atomic E-state index is 13.6. The molecule has 8 nitrogen and oxygen atoms in total. The van der Waals surface area contributed by atoms with Crippen molar-refractivity contribution in [2.75, 3.05) is 6.61 Å². The molecule has 0 radical (unpaired) electrons. The van der Waals surface area contributed by atoms with Gasteiger partial charge in [0.1, 0.15) is 5.76 Å². The summed E-state index contributed by atoms with van der Waals surface area (Å²) in [5.74, 6) is 0.611. The first-order valence-electron chi connectivity index (χ1n) is 13.3. The molecule has 1 aromatic rings. The fraction of sp³-hybridized carbons (Fsp3) is 0.483. The molecule has 0 spiro atoms. The van der Waals surface area contributed by atoms with Crippen molar-refractivity contribution in [2.45, 2.75) is 76.3 Å². The summed E-state index contributed by atoms with van der Waals surface area (Å²) in [5, 5.41) is 3.20. The Hall–Kier alpha value is -3.39. The van der Waals surface area contributed by atoms with Crippen LogP contribution in [0.25, 0.3) is 0 Å². The minimum atomic E-state index is -0.459. The summed E-state index contributed by atoms with van der Waals surface area (Å²) in [7, 11) is 0. The molecule has 1 unspecified atom stereocenters. The van der Waals surface area contributed by atoms with Gasteiger partial charge in [-0.1, -0.05) is 45.0 Å². The predicted octanol–water partition coefficient (Wildman–Crippen LogP) is 3.06. The van der Waals surface area contributed by atoms with Crippen LogP contribution in [0.5, 0.6) is 0 Å². The monoisotopic (exact) mass is 502 g/mol. The molecule has 2 bridgehead atoms. The van der Waals surface area contributed by atoms with Gasteiger partial charge in [-0.05, 0) is 42.2 Å². The minimum absolute atomic E-state index is 0.0438. The van der Waals surface area contributed by atoms with Crippen LogP contribution in [0, 0.1) is 5.92 Å². The van der Waals surface area contributed by atoms with Crippen LogP contribution in [-0.4, -0.2) is 53.1 Å². The topological polar surface area (TPSA) is 106 Å². The molecule has 194 valence electrons. The van der Waals surface area contributed by atoms with Gasteiger partial charge < -0.3 is 20.5 Å². The zero-order valence-corrected chi connectivity index (χ0v) is 21.6. The van der Waals surface area contributed by atoms with Crippen molar-refractivity contribution in [2.24, 2.45) is 16.6 Å². The SMILES string of the molecule is CCC1(CC)CC(=O)N([C@H]2C3=CC4=CC(C=C3OC[C@@H]2C)O[C@@H]2Cc3ccccc3[C@H]2NC4=O)C(N)=N1. The van der Waals surface area contributed by atoms with Crippen LogP contribution in [0.3, 0.4) is 0 Å². The van der Waals surface area contributed by atoms with Crippen LogP contribution >= 0.6 is 0 Å². The normalized spacial score (nSPS) is 32.1. The highest BCUT2D eigenvalue weighted by atomic mass is 16.5. The molecule has 8 heteroatoms. The van der Waals surface area contributed by atoms with Crippen molar-refractivity contribution in [3.63, 3.8) is 0 Å². The van der Waals surface area contributed by atoms with Crippen molar-refractivity contribution < 1.29 is 19.1 Å². The first-order chi connectivity index (χ1) is 17.8. The van der Waals surface area contributed by atoms with E-state index >= 15 is 0 Å². The third kappa shape index (κ3) is 3.89. The van der Waals surface area contributed by atoms with Gasteiger partial charge in [-0.15, -0.1) is 0 Å². The lowest BCUT2D eigenvalue weighted by atomic mass is 9.84. The quantitative estimate of drug-likeness (QED) is 0.661. The number of rotatable bonds is 3. The van der Waals surface area contributed by atoms with Gasteiger partial charge in [0.2, 0.25) is 5.91 Å². The van der Waals surface area contributed by atoms with Gasteiger partial charge >= 0.3 is 0 Å². The standard InChI is InChI=1S/C29H34N4O4/c1-4-29(5-2)14-24(34)33(28(30)32-29)26-16(3)15-36-22-13-19-10-18(11-21(22)26)27(35)31-25-20-9-7-6-8-17(20)12-23(25)37-19/h6-11,13,16,19,23,25-26H,4-5,12,14-15H2,1-3H3,(H2,30,32)(H,31,35)/t16-,19?,23+,25+,26+/m0/s1. The van der Waals surface area contributed by atoms with E-state index in [0.29, 0.717) is 24.4 Å². The average Bonchev–Trinajstić information content (AvgIpc) is 3.08. The molecule has 5 aliphatic rings. The van der Waals surface area contributed by atoms with Crippen LogP contribution in [0.15, 0.2) is 64.4 Å². The third-order valence-electron chi connectivity index (χ3n) is 8.62. The second-order valence-electron chi connectivity index (χ2n) is 10.8. The Morgan fingerprint density at radius 1 is 1.19 bits per heavy atom. The van der Waals surface area contributed by atoms with Gasteiger partial charge in [0.05, 0.1) is 42.9 Å². The van der Waals surface area contributed by atoms with E-state index < -0.39 is 11.6 Å². The number of aliphatic imine (C=N–C) groups is 1. The van der Waals surface area contributed by atoms with Crippen molar-refractivity contribution >= 4 is 17.8 Å². The summed E-state index contributed by atoms with van der Waals surface area (Å²) in [4.78, 5) is 33.5. The Bertz CT molecular complexity index is 1270. The van der Waals surface area contributed by atoms with Crippen LogP contribution < -0.4 is 11.1 Å². The number of nitrogens with two attached hydrogens (primary N) is 1. The van der Waals surface area contributed by atoms with Crippen LogP contribution in [-0.2, 0) is 25.5 Å². The smallest absolute Gasteiger partial charge is 0.251 e. The van der Waals surface area contributed by atoms with E-state index in [2.05, 4.69) is 17.4 Å². The molecule has 5 atom stereocenters. The second kappa shape index (κ2) is 8.87. The minimum Gasteiger partial charge on any atom is -0.493 e. The van der Waals surface area contributed by atoms with Gasteiger partial charge in [-0.2, -0.15) is 0 Å². The molecule has 6 rings (SSSR count). The zero-order chi connectivity index (χ0) is 25.9. The number of nitrogens with one attached hydrogen (secondary N) is 1. The Balaban J connectivity index is 1.39. The lowest BCUT2D eigenvalue weighted by molar-refractivity contribution is -0.132. The number of hydrogen-bond acceptors (Lipinski definition) is 6. The molecule has 1 fully saturated rings. The second-order valence-corrected chi connectivity index (χ2v) is 10.8. The van der Waals surface area contributed by atoms with Gasteiger partial charge in [-0.3, -0.25) is 14.5 Å². The highest BCUT2D eigenvalue weighted by molar-refractivity contribution is 6.00. The van der Waals surface area contributed by atoms with Crippen molar-refractivity contribution in [3.05, 3.63) is 70.5 Å². The molecule has 1 aromatic carbocycles. The summed E-state index contributed by atoms with van der Waals surface area (Å²) in [6.07, 6.45) is 7.55. The molecule has 37 heavy (non-hydrogen) atoms. The summed E-state index contributed by atoms with van der Waals surface area (Å²) in [6, 6.07) is 7.54. The Morgan fingerprint density at radius 2 is 1.97 bits per heavy atom. The Morgan fingerprint density at radius 3 is 2.73 bits per heavy atom. The molecular formula is C29H34N4O4. The molecule has 1 saturated heterocycles. The van der Waals surface area contributed by atoms with Crippen molar-refractivity contribution in [1.29, 1.82) is 0 Å². The maximum absolute atomic E-state index is 13.6. The molecule has 0 saturated carbocycles. The average molecular weight is 503 g/mol. The number of hydrogen-bond donors (Lipinski definition) is 2. The third-order valence-corrected chi connectivity index (χ3v) is 8.62. The van der Waals surface area contributed by atoms with E-state index in [1.54, 1.807) is 4.90 Å². The lowest BCUT2D eigenvalue weighted by Gasteiger charge is -2.44. The van der Waals surface area contributed by atoms with Gasteiger partial charge in [0.15, 0.2) is 5.96 Å². The highest BCUT2D eigenvalue weighted by Crippen LogP contribution is 2.41. The van der Waals surface area contributed by atoms with E-state index in [1.807, 2.05) is 51.1 Å². The fourth-order valence-corrected chi connectivity index (χ4v) is 6.42. The summed E-state index contributed by atoms with van der Waals surface area (Å²) in [6.45, 7) is 6.54. The molecule has 0 aromatic heterocycles. The number of ether oxygens (including phenoxy) is 2. The largest absolute Gasteiger partial charge is 0.493 e. The number of guanidine groups is 1. The molecule has 3 aliphatic heterocycles. The van der Waals surface area contributed by atoms with Crippen LogP contribution in [0.2, 0.25) is 0 Å². The lowest BCUT2D eigenvalue weighted by Crippen LogP contribution is -2.58. The number of amides is 2. The van der Waals surface area contributed by atoms with E-state index in [-0.39, 0.29) is 41.9 Å².